The van der Waals surface area contributed by atoms with Crippen molar-refractivity contribution in [3.63, 3.8) is 0 Å². The fourth-order valence-electron chi connectivity index (χ4n) is 1.93. The average molecular weight is 203 g/mol. The first-order valence-corrected chi connectivity index (χ1v) is 5.32. The van der Waals surface area contributed by atoms with Gasteiger partial charge in [0.2, 0.25) is 0 Å². The van der Waals surface area contributed by atoms with Gasteiger partial charge in [0, 0.05) is 12.5 Å². The minimum atomic E-state index is 0.0633. The molecule has 0 saturated heterocycles. The van der Waals surface area contributed by atoms with Gasteiger partial charge in [-0.05, 0) is 30.5 Å². The Morgan fingerprint density at radius 1 is 1.60 bits per heavy atom. The van der Waals surface area contributed by atoms with Gasteiger partial charge in [-0.2, -0.15) is 0 Å². The van der Waals surface area contributed by atoms with Gasteiger partial charge in [0.05, 0.1) is 6.61 Å². The first-order chi connectivity index (χ1) is 7.16. The summed E-state index contributed by atoms with van der Waals surface area (Å²) in [6.45, 7) is 6.70. The summed E-state index contributed by atoms with van der Waals surface area (Å²) >= 11 is 0. The third kappa shape index (κ3) is 2.21. The van der Waals surface area contributed by atoms with Crippen molar-refractivity contribution < 1.29 is 4.74 Å². The van der Waals surface area contributed by atoms with Gasteiger partial charge >= 0.3 is 0 Å². The highest BCUT2D eigenvalue weighted by atomic mass is 16.5. The Hall–Kier alpha value is -1.28. The number of hydrogen-bond acceptors (Lipinski definition) is 2. The van der Waals surface area contributed by atoms with E-state index >= 15 is 0 Å². The monoisotopic (exact) mass is 203 g/mol. The Morgan fingerprint density at radius 2 is 2.40 bits per heavy atom. The summed E-state index contributed by atoms with van der Waals surface area (Å²) in [5.74, 6) is 1.02. The van der Waals surface area contributed by atoms with Gasteiger partial charge < -0.3 is 10.5 Å². The maximum Gasteiger partial charge on any atom is 0.122 e. The van der Waals surface area contributed by atoms with Crippen LogP contribution >= 0.6 is 0 Å². The molecule has 2 N–H and O–H groups in total. The number of fused-ring (bicyclic) bond motifs is 1. The highest BCUT2D eigenvalue weighted by molar-refractivity contribution is 5.40. The summed E-state index contributed by atoms with van der Waals surface area (Å²) < 4.78 is 5.46. The van der Waals surface area contributed by atoms with Crippen LogP contribution in [-0.4, -0.2) is 6.61 Å². The fraction of sp³-hybridized carbons (Fsp3) is 0.385. The summed E-state index contributed by atoms with van der Waals surface area (Å²) in [7, 11) is 0. The second kappa shape index (κ2) is 4.07. The van der Waals surface area contributed by atoms with E-state index < -0.39 is 0 Å². The lowest BCUT2D eigenvalue weighted by Crippen LogP contribution is -2.10. The molecule has 1 aliphatic heterocycles. The molecule has 1 aliphatic rings. The van der Waals surface area contributed by atoms with Crippen molar-refractivity contribution in [1.82, 2.24) is 0 Å². The van der Waals surface area contributed by atoms with Crippen LogP contribution in [0.1, 0.15) is 30.5 Å². The maximum absolute atomic E-state index is 6.09. The smallest absolute Gasteiger partial charge is 0.122 e. The second-order valence-corrected chi connectivity index (χ2v) is 4.23. The van der Waals surface area contributed by atoms with Crippen LogP contribution in [0.3, 0.4) is 0 Å². The molecule has 0 aliphatic carbocycles. The maximum atomic E-state index is 6.09. The highest BCUT2D eigenvalue weighted by Gasteiger charge is 2.14. The van der Waals surface area contributed by atoms with E-state index in [1.165, 1.54) is 11.1 Å². The van der Waals surface area contributed by atoms with Gasteiger partial charge in [-0.1, -0.05) is 17.7 Å². The summed E-state index contributed by atoms with van der Waals surface area (Å²) in [4.78, 5) is 0. The van der Waals surface area contributed by atoms with Crippen LogP contribution in [0.5, 0.6) is 5.75 Å². The standard InChI is InChI=1S/C13H17NO/c1-9(2)7-12(14)10-3-4-13-11(8-10)5-6-15-13/h3-4,8,12H,1,5-7,14H2,2H3/t12-/m0/s1. The molecule has 0 radical (unpaired) electrons. The van der Waals surface area contributed by atoms with E-state index in [1.54, 1.807) is 0 Å². The molecule has 80 valence electrons. The van der Waals surface area contributed by atoms with E-state index in [2.05, 4.69) is 18.7 Å². The molecule has 2 nitrogen and oxygen atoms in total. The van der Waals surface area contributed by atoms with E-state index in [1.807, 2.05) is 13.0 Å². The predicted octanol–water partition coefficient (Wildman–Crippen LogP) is 2.59. The van der Waals surface area contributed by atoms with Crippen molar-refractivity contribution in [3.05, 3.63) is 41.5 Å². The van der Waals surface area contributed by atoms with Crippen molar-refractivity contribution in [3.8, 4) is 5.75 Å². The first-order valence-electron chi connectivity index (χ1n) is 5.32. The molecule has 0 aromatic heterocycles. The van der Waals surface area contributed by atoms with Crippen LogP contribution in [0.25, 0.3) is 0 Å². The van der Waals surface area contributed by atoms with Gasteiger partial charge in [-0.25, -0.2) is 0 Å². The van der Waals surface area contributed by atoms with Crippen LogP contribution in [0, 0.1) is 0 Å². The van der Waals surface area contributed by atoms with Gasteiger partial charge in [-0.3, -0.25) is 0 Å². The lowest BCUT2D eigenvalue weighted by atomic mass is 9.98. The summed E-state index contributed by atoms with van der Waals surface area (Å²) in [6.07, 6.45) is 1.85. The molecule has 0 saturated carbocycles. The molecule has 0 spiro atoms. The Morgan fingerprint density at radius 3 is 3.13 bits per heavy atom. The van der Waals surface area contributed by atoms with Gasteiger partial charge in [0.25, 0.3) is 0 Å². The zero-order chi connectivity index (χ0) is 10.8. The first kappa shape index (κ1) is 10.2. The third-order valence-electron chi connectivity index (χ3n) is 2.71. The number of hydrogen-bond donors (Lipinski definition) is 1. The molecule has 0 fully saturated rings. The molecule has 1 aromatic rings. The Labute approximate surface area is 90.7 Å². The molecule has 0 amide bonds. The van der Waals surface area contributed by atoms with Crippen molar-refractivity contribution in [2.75, 3.05) is 6.61 Å². The van der Waals surface area contributed by atoms with Crippen molar-refractivity contribution in [2.24, 2.45) is 5.73 Å². The molecule has 0 bridgehead atoms. The molecule has 2 rings (SSSR count). The minimum absolute atomic E-state index is 0.0633. The second-order valence-electron chi connectivity index (χ2n) is 4.23. The number of nitrogens with two attached hydrogens (primary N) is 1. The number of benzene rings is 1. The zero-order valence-electron chi connectivity index (χ0n) is 9.12. The van der Waals surface area contributed by atoms with Gasteiger partial charge in [0.15, 0.2) is 0 Å². The summed E-state index contributed by atoms with van der Waals surface area (Å²) in [5, 5.41) is 0. The van der Waals surface area contributed by atoms with Crippen LogP contribution < -0.4 is 10.5 Å². The van der Waals surface area contributed by atoms with Gasteiger partial charge in [-0.15, -0.1) is 6.58 Å². The quantitative estimate of drug-likeness (QED) is 0.766. The lowest BCUT2D eigenvalue weighted by Gasteiger charge is -2.12. The lowest BCUT2D eigenvalue weighted by molar-refractivity contribution is 0.357. The predicted molar refractivity (Wildman–Crippen MR) is 62.0 cm³/mol. The fourth-order valence-corrected chi connectivity index (χ4v) is 1.93. The molecule has 1 aromatic carbocycles. The largest absolute Gasteiger partial charge is 0.493 e. The van der Waals surface area contributed by atoms with Crippen LogP contribution in [0.2, 0.25) is 0 Å². The van der Waals surface area contributed by atoms with Crippen molar-refractivity contribution >= 4 is 0 Å². The minimum Gasteiger partial charge on any atom is -0.493 e. The van der Waals surface area contributed by atoms with Crippen LogP contribution in [0.4, 0.5) is 0 Å². The number of ether oxygens (including phenoxy) is 1. The van der Waals surface area contributed by atoms with Crippen molar-refractivity contribution in [1.29, 1.82) is 0 Å². The Kier molecular flexibility index (Phi) is 2.78. The molecule has 15 heavy (non-hydrogen) atoms. The number of rotatable bonds is 3. The summed E-state index contributed by atoms with van der Waals surface area (Å²) in [5.41, 5.74) is 9.68. The van der Waals surface area contributed by atoms with Crippen LogP contribution in [0.15, 0.2) is 30.4 Å². The summed E-state index contributed by atoms with van der Waals surface area (Å²) in [6, 6.07) is 6.30. The third-order valence-corrected chi connectivity index (χ3v) is 2.71. The topological polar surface area (TPSA) is 35.2 Å². The highest BCUT2D eigenvalue weighted by Crippen LogP contribution is 2.28. The van der Waals surface area contributed by atoms with E-state index in [-0.39, 0.29) is 6.04 Å². The van der Waals surface area contributed by atoms with Crippen molar-refractivity contribution in [2.45, 2.75) is 25.8 Å². The molecular weight excluding hydrogens is 186 g/mol. The molecule has 1 heterocycles. The zero-order valence-corrected chi connectivity index (χ0v) is 9.12. The molecule has 2 heteroatoms. The van der Waals surface area contributed by atoms with E-state index in [0.29, 0.717) is 0 Å². The molecular formula is C13H17NO. The Bertz CT molecular complexity index is 384. The van der Waals surface area contributed by atoms with Gasteiger partial charge in [0.1, 0.15) is 5.75 Å². The SMILES string of the molecule is C=C(C)C[C@H](N)c1ccc2c(c1)CCO2. The van der Waals surface area contributed by atoms with E-state index in [0.717, 1.165) is 30.8 Å². The van der Waals surface area contributed by atoms with Crippen LogP contribution in [-0.2, 0) is 6.42 Å². The molecule has 1 atom stereocenters. The van der Waals surface area contributed by atoms with E-state index in [4.69, 9.17) is 10.5 Å². The van der Waals surface area contributed by atoms with E-state index in [9.17, 15) is 0 Å². The Balaban J connectivity index is 2.19. The normalized spacial score (nSPS) is 15.6. The molecule has 0 unspecified atom stereocenters. The average Bonchev–Trinajstić information content (AvgIpc) is 2.62.